The lowest BCUT2D eigenvalue weighted by Crippen LogP contribution is -2.65. The smallest absolute Gasteiger partial charge is 0.240 e. The van der Waals surface area contributed by atoms with Gasteiger partial charge in [0.25, 0.3) is 0 Å². The summed E-state index contributed by atoms with van der Waals surface area (Å²) in [5.74, 6) is 0.455. The standard InChI is InChI=1S/C13H19N3O3S/c1-15-20(17,18)9-4-2-8(3-5-9)16-12-11(14)10-6-7-19-13(10)12/h2-5,10-13,15-16H,6-7,14H2,1H3. The van der Waals surface area contributed by atoms with Gasteiger partial charge in [-0.15, -0.1) is 0 Å². The number of anilines is 1. The predicted molar refractivity (Wildman–Crippen MR) is 75.9 cm³/mol. The third-order valence-corrected chi connectivity index (χ3v) is 5.64. The van der Waals surface area contributed by atoms with E-state index in [-0.39, 0.29) is 23.1 Å². The van der Waals surface area contributed by atoms with Crippen LogP contribution in [0.4, 0.5) is 5.69 Å². The van der Waals surface area contributed by atoms with Crippen LogP contribution >= 0.6 is 0 Å². The molecule has 2 aliphatic rings. The van der Waals surface area contributed by atoms with E-state index in [2.05, 4.69) is 10.0 Å². The van der Waals surface area contributed by atoms with Crippen LogP contribution in [0.5, 0.6) is 0 Å². The van der Waals surface area contributed by atoms with Crippen molar-refractivity contribution < 1.29 is 13.2 Å². The lowest BCUT2D eigenvalue weighted by molar-refractivity contribution is 0.00537. The fourth-order valence-electron chi connectivity index (χ4n) is 2.97. The zero-order valence-electron chi connectivity index (χ0n) is 11.2. The highest BCUT2D eigenvalue weighted by atomic mass is 32.2. The van der Waals surface area contributed by atoms with Crippen LogP contribution in [0, 0.1) is 5.92 Å². The second-order valence-electron chi connectivity index (χ2n) is 5.27. The largest absolute Gasteiger partial charge is 0.378 e. The van der Waals surface area contributed by atoms with E-state index in [0.29, 0.717) is 5.92 Å². The van der Waals surface area contributed by atoms with Crippen molar-refractivity contribution in [2.75, 3.05) is 19.0 Å². The molecule has 1 aliphatic carbocycles. The maximum Gasteiger partial charge on any atom is 0.240 e. The summed E-state index contributed by atoms with van der Waals surface area (Å²) in [5, 5.41) is 3.33. The number of nitrogens with one attached hydrogen (secondary N) is 2. The van der Waals surface area contributed by atoms with Crippen molar-refractivity contribution in [2.45, 2.75) is 29.5 Å². The van der Waals surface area contributed by atoms with Crippen LogP contribution in [0.3, 0.4) is 0 Å². The molecule has 0 aromatic heterocycles. The highest BCUT2D eigenvalue weighted by Gasteiger charge is 2.52. The Morgan fingerprint density at radius 1 is 1.30 bits per heavy atom. The van der Waals surface area contributed by atoms with Gasteiger partial charge in [-0.2, -0.15) is 0 Å². The number of hydrogen-bond donors (Lipinski definition) is 3. The summed E-state index contributed by atoms with van der Waals surface area (Å²) in [5.41, 5.74) is 6.98. The van der Waals surface area contributed by atoms with Crippen molar-refractivity contribution in [3.05, 3.63) is 24.3 Å². The molecular weight excluding hydrogens is 278 g/mol. The lowest BCUT2D eigenvalue weighted by Gasteiger charge is -2.46. The van der Waals surface area contributed by atoms with Gasteiger partial charge >= 0.3 is 0 Å². The number of benzene rings is 1. The maximum atomic E-state index is 11.6. The second-order valence-corrected chi connectivity index (χ2v) is 7.15. The minimum absolute atomic E-state index is 0.100. The first-order chi connectivity index (χ1) is 9.53. The van der Waals surface area contributed by atoms with E-state index in [1.54, 1.807) is 24.3 Å². The Hall–Kier alpha value is -1.15. The SMILES string of the molecule is CNS(=O)(=O)c1ccc(NC2C(N)C3CCOC32)cc1. The molecule has 7 heteroatoms. The topological polar surface area (TPSA) is 93.5 Å². The van der Waals surface area contributed by atoms with Gasteiger partial charge in [-0.3, -0.25) is 0 Å². The molecule has 0 radical (unpaired) electrons. The molecule has 1 aliphatic heterocycles. The quantitative estimate of drug-likeness (QED) is 0.734. The molecule has 4 N–H and O–H groups in total. The van der Waals surface area contributed by atoms with Gasteiger partial charge in [-0.1, -0.05) is 0 Å². The van der Waals surface area contributed by atoms with Gasteiger partial charge < -0.3 is 15.8 Å². The van der Waals surface area contributed by atoms with Gasteiger partial charge in [0.1, 0.15) is 0 Å². The predicted octanol–water partition coefficient (Wildman–Crippen LogP) is 0.121. The monoisotopic (exact) mass is 297 g/mol. The lowest BCUT2D eigenvalue weighted by atomic mass is 9.72. The number of rotatable bonds is 4. The molecule has 1 heterocycles. The molecule has 1 saturated heterocycles. The average molecular weight is 297 g/mol. The van der Waals surface area contributed by atoms with E-state index in [4.69, 9.17) is 10.5 Å². The molecule has 20 heavy (non-hydrogen) atoms. The van der Waals surface area contributed by atoms with Crippen molar-refractivity contribution in [1.29, 1.82) is 0 Å². The summed E-state index contributed by atoms with van der Waals surface area (Å²) >= 11 is 0. The van der Waals surface area contributed by atoms with Gasteiger partial charge in [-0.05, 0) is 37.7 Å². The molecule has 0 spiro atoms. The second kappa shape index (κ2) is 5.00. The molecule has 2 fully saturated rings. The Balaban J connectivity index is 1.70. The molecule has 6 nitrogen and oxygen atoms in total. The summed E-state index contributed by atoms with van der Waals surface area (Å²) in [6, 6.07) is 6.85. The molecule has 4 unspecified atom stereocenters. The molecule has 1 aromatic rings. The molecule has 1 aromatic carbocycles. The van der Waals surface area contributed by atoms with Crippen LogP contribution in [0.15, 0.2) is 29.2 Å². The molecule has 1 saturated carbocycles. The van der Waals surface area contributed by atoms with Gasteiger partial charge in [0.15, 0.2) is 0 Å². The summed E-state index contributed by atoms with van der Waals surface area (Å²) < 4.78 is 31.2. The van der Waals surface area contributed by atoms with Crippen LogP contribution < -0.4 is 15.8 Å². The molecule has 0 amide bonds. The third kappa shape index (κ3) is 2.20. The van der Waals surface area contributed by atoms with Crippen LogP contribution in [-0.2, 0) is 14.8 Å². The highest BCUT2D eigenvalue weighted by molar-refractivity contribution is 7.89. The maximum absolute atomic E-state index is 11.6. The molecular formula is C13H19N3O3S. The number of nitrogens with two attached hydrogens (primary N) is 1. The fourth-order valence-corrected chi connectivity index (χ4v) is 3.70. The average Bonchev–Trinajstić information content (AvgIpc) is 2.90. The molecule has 110 valence electrons. The van der Waals surface area contributed by atoms with Gasteiger partial charge in [0, 0.05) is 24.3 Å². The summed E-state index contributed by atoms with van der Waals surface area (Å²) in [6.07, 6.45) is 1.22. The first-order valence-corrected chi connectivity index (χ1v) is 8.18. The minimum atomic E-state index is -3.39. The number of ether oxygens (including phenoxy) is 1. The Morgan fingerprint density at radius 2 is 2.00 bits per heavy atom. The third-order valence-electron chi connectivity index (χ3n) is 4.21. The van der Waals surface area contributed by atoms with Crippen LogP contribution in [0.2, 0.25) is 0 Å². The Morgan fingerprint density at radius 3 is 2.65 bits per heavy atom. The zero-order valence-corrected chi connectivity index (χ0v) is 12.1. The van der Waals surface area contributed by atoms with E-state index in [1.807, 2.05) is 0 Å². The van der Waals surface area contributed by atoms with E-state index in [9.17, 15) is 8.42 Å². The van der Waals surface area contributed by atoms with E-state index >= 15 is 0 Å². The Kier molecular flexibility index (Phi) is 3.45. The molecule has 0 bridgehead atoms. The fraction of sp³-hybridized carbons (Fsp3) is 0.538. The van der Waals surface area contributed by atoms with Crippen molar-refractivity contribution in [3.8, 4) is 0 Å². The summed E-state index contributed by atoms with van der Waals surface area (Å²) in [4.78, 5) is 0.249. The number of hydrogen-bond acceptors (Lipinski definition) is 5. The first-order valence-electron chi connectivity index (χ1n) is 6.70. The normalized spacial score (nSPS) is 32.5. The Bertz CT molecular complexity index is 587. The molecule has 4 atom stereocenters. The van der Waals surface area contributed by atoms with Gasteiger partial charge in [-0.25, -0.2) is 13.1 Å². The van der Waals surface area contributed by atoms with E-state index in [0.717, 1.165) is 18.7 Å². The first kappa shape index (κ1) is 13.8. The van der Waals surface area contributed by atoms with Gasteiger partial charge in [0.2, 0.25) is 10.0 Å². The Labute approximate surface area is 118 Å². The number of fused-ring (bicyclic) bond motifs is 1. The highest BCUT2D eigenvalue weighted by Crippen LogP contribution is 2.39. The van der Waals surface area contributed by atoms with Crippen LogP contribution in [0.25, 0.3) is 0 Å². The van der Waals surface area contributed by atoms with Crippen LogP contribution in [-0.4, -0.2) is 40.3 Å². The van der Waals surface area contributed by atoms with Crippen molar-refractivity contribution >= 4 is 15.7 Å². The summed E-state index contributed by atoms with van der Waals surface area (Å²) in [6.45, 7) is 0.778. The van der Waals surface area contributed by atoms with Crippen molar-refractivity contribution in [2.24, 2.45) is 11.7 Å². The van der Waals surface area contributed by atoms with Crippen LogP contribution in [0.1, 0.15) is 6.42 Å². The van der Waals surface area contributed by atoms with Gasteiger partial charge in [0.05, 0.1) is 17.0 Å². The van der Waals surface area contributed by atoms with E-state index in [1.165, 1.54) is 7.05 Å². The minimum Gasteiger partial charge on any atom is -0.378 e. The van der Waals surface area contributed by atoms with Crippen molar-refractivity contribution in [3.63, 3.8) is 0 Å². The zero-order chi connectivity index (χ0) is 14.3. The number of sulfonamides is 1. The summed E-state index contributed by atoms with van der Waals surface area (Å²) in [7, 11) is -1.99. The molecule has 3 rings (SSSR count). The van der Waals surface area contributed by atoms with Crippen molar-refractivity contribution in [1.82, 2.24) is 4.72 Å². The van der Waals surface area contributed by atoms with E-state index < -0.39 is 10.0 Å².